The number of esters is 1. The third kappa shape index (κ3) is 3.20. The Morgan fingerprint density at radius 3 is 2.89 bits per heavy atom. The van der Waals surface area contributed by atoms with Crippen LogP contribution in [-0.4, -0.2) is 52.3 Å². The zero-order valence-corrected chi connectivity index (χ0v) is 16.3. The third-order valence-electron chi connectivity index (χ3n) is 5.02. The summed E-state index contributed by atoms with van der Waals surface area (Å²) in [7, 11) is 1.88. The van der Waals surface area contributed by atoms with E-state index in [-0.39, 0.29) is 12.3 Å². The summed E-state index contributed by atoms with van der Waals surface area (Å²) in [6, 6.07) is 7.69. The lowest BCUT2D eigenvalue weighted by Crippen LogP contribution is -2.48. The summed E-state index contributed by atoms with van der Waals surface area (Å²) in [6.07, 6.45) is 3.78. The lowest BCUT2D eigenvalue weighted by atomic mass is 9.96. The van der Waals surface area contributed by atoms with Crippen molar-refractivity contribution < 1.29 is 14.3 Å². The molecule has 1 aromatic carbocycles. The number of fused-ring (bicyclic) bond motifs is 1. The molecule has 1 saturated heterocycles. The second-order valence-corrected chi connectivity index (χ2v) is 7.04. The number of aromatic nitrogens is 4. The van der Waals surface area contributed by atoms with Crippen molar-refractivity contribution in [3.05, 3.63) is 47.9 Å². The number of rotatable bonds is 4. The number of carbonyl (C=O) groups excluding carboxylic acids is 1. The van der Waals surface area contributed by atoms with Crippen LogP contribution in [0.2, 0.25) is 0 Å². The lowest BCUT2D eigenvalue weighted by molar-refractivity contribution is -0.0466. The topological polar surface area (TPSA) is 82.4 Å². The molecule has 0 spiro atoms. The van der Waals surface area contributed by atoms with Gasteiger partial charge in [-0.1, -0.05) is 18.2 Å². The lowest BCUT2D eigenvalue weighted by Gasteiger charge is -2.41. The molecule has 0 saturated carbocycles. The average Bonchev–Trinajstić information content (AvgIpc) is 3.14. The smallest absolute Gasteiger partial charge is 0.361 e. The van der Waals surface area contributed by atoms with Crippen LogP contribution < -0.4 is 4.90 Å². The molecule has 3 heterocycles. The number of anilines is 1. The molecular weight excluding hydrogens is 358 g/mol. The van der Waals surface area contributed by atoms with Crippen LogP contribution in [0.4, 0.5) is 5.69 Å². The molecule has 1 aliphatic heterocycles. The second kappa shape index (κ2) is 7.20. The van der Waals surface area contributed by atoms with Gasteiger partial charge in [-0.3, -0.25) is 4.68 Å². The standard InChI is InChI=1S/C20H23N5O3/c1-4-27-19(26)17-18(15-7-5-6-8-16(15)22-23-17)25-9-10-28-20(2,13-25)14-11-21-24(3)12-14/h5-8,11-12H,4,9-10,13H2,1-3H3. The summed E-state index contributed by atoms with van der Waals surface area (Å²) < 4.78 is 13.1. The predicted molar refractivity (Wildman–Crippen MR) is 104 cm³/mol. The quantitative estimate of drug-likeness (QED) is 0.641. The Bertz CT molecular complexity index is 1020. The fourth-order valence-corrected chi connectivity index (χ4v) is 3.63. The van der Waals surface area contributed by atoms with Crippen molar-refractivity contribution in [3.63, 3.8) is 0 Å². The highest BCUT2D eigenvalue weighted by Gasteiger charge is 2.37. The minimum absolute atomic E-state index is 0.232. The maximum atomic E-state index is 12.6. The van der Waals surface area contributed by atoms with Gasteiger partial charge in [0.25, 0.3) is 0 Å². The molecule has 4 rings (SSSR count). The summed E-state index contributed by atoms with van der Waals surface area (Å²) in [6.45, 7) is 5.81. The Morgan fingerprint density at radius 2 is 2.14 bits per heavy atom. The zero-order chi connectivity index (χ0) is 19.7. The zero-order valence-electron chi connectivity index (χ0n) is 16.3. The van der Waals surface area contributed by atoms with Crippen LogP contribution in [0.25, 0.3) is 10.9 Å². The van der Waals surface area contributed by atoms with Gasteiger partial charge < -0.3 is 14.4 Å². The van der Waals surface area contributed by atoms with E-state index in [9.17, 15) is 4.79 Å². The largest absolute Gasteiger partial charge is 0.461 e. The molecule has 0 bridgehead atoms. The molecule has 1 aliphatic rings. The molecule has 3 aromatic rings. The molecular formula is C20H23N5O3. The van der Waals surface area contributed by atoms with Crippen LogP contribution in [0.1, 0.15) is 29.9 Å². The Kier molecular flexibility index (Phi) is 4.72. The molecule has 0 N–H and O–H groups in total. The van der Waals surface area contributed by atoms with Gasteiger partial charge in [0, 0.05) is 30.7 Å². The molecule has 0 aliphatic carbocycles. The van der Waals surface area contributed by atoms with Crippen molar-refractivity contribution in [1.29, 1.82) is 0 Å². The highest BCUT2D eigenvalue weighted by Crippen LogP contribution is 2.35. The van der Waals surface area contributed by atoms with E-state index < -0.39 is 11.6 Å². The molecule has 1 fully saturated rings. The van der Waals surface area contributed by atoms with E-state index in [1.54, 1.807) is 11.6 Å². The van der Waals surface area contributed by atoms with Gasteiger partial charge in [0.2, 0.25) is 0 Å². The fourth-order valence-electron chi connectivity index (χ4n) is 3.63. The Hall–Kier alpha value is -3.00. The molecule has 0 amide bonds. The first-order chi connectivity index (χ1) is 13.5. The molecule has 146 valence electrons. The SMILES string of the molecule is CCOC(=O)c1nnc2ccccc2c1N1CCOC(C)(c2cnn(C)c2)C1. The van der Waals surface area contributed by atoms with Crippen molar-refractivity contribution >= 4 is 22.6 Å². The van der Waals surface area contributed by atoms with Crippen LogP contribution >= 0.6 is 0 Å². The van der Waals surface area contributed by atoms with Crippen LogP contribution in [0.5, 0.6) is 0 Å². The van der Waals surface area contributed by atoms with Gasteiger partial charge in [-0.25, -0.2) is 4.79 Å². The highest BCUT2D eigenvalue weighted by molar-refractivity contribution is 6.03. The molecule has 28 heavy (non-hydrogen) atoms. The third-order valence-corrected chi connectivity index (χ3v) is 5.02. The summed E-state index contributed by atoms with van der Waals surface area (Å²) in [5.41, 5.74) is 2.14. The summed E-state index contributed by atoms with van der Waals surface area (Å²) in [5.74, 6) is -0.467. The average molecular weight is 381 g/mol. The van der Waals surface area contributed by atoms with E-state index in [0.29, 0.717) is 19.7 Å². The maximum Gasteiger partial charge on any atom is 0.361 e. The number of hydrogen-bond donors (Lipinski definition) is 0. The first-order valence-corrected chi connectivity index (χ1v) is 9.32. The van der Waals surface area contributed by atoms with E-state index in [2.05, 4.69) is 20.2 Å². The monoisotopic (exact) mass is 381 g/mol. The van der Waals surface area contributed by atoms with Gasteiger partial charge in [-0.2, -0.15) is 5.10 Å². The fraction of sp³-hybridized carbons (Fsp3) is 0.400. The Morgan fingerprint density at radius 1 is 1.32 bits per heavy atom. The molecule has 1 atom stereocenters. The van der Waals surface area contributed by atoms with Gasteiger partial charge in [0.15, 0.2) is 5.69 Å². The van der Waals surface area contributed by atoms with Gasteiger partial charge in [-0.15, -0.1) is 10.2 Å². The maximum absolute atomic E-state index is 12.6. The van der Waals surface area contributed by atoms with Crippen LogP contribution in [0.15, 0.2) is 36.7 Å². The Balaban J connectivity index is 1.80. The summed E-state index contributed by atoms with van der Waals surface area (Å²) in [5, 5.41) is 13.6. The number of ether oxygens (including phenoxy) is 2. The second-order valence-electron chi connectivity index (χ2n) is 7.04. The van der Waals surface area contributed by atoms with E-state index in [1.165, 1.54) is 0 Å². The molecule has 8 nitrogen and oxygen atoms in total. The summed E-state index contributed by atoms with van der Waals surface area (Å²) >= 11 is 0. The number of morpholine rings is 1. The van der Waals surface area contributed by atoms with Gasteiger partial charge >= 0.3 is 5.97 Å². The van der Waals surface area contributed by atoms with Crippen molar-refractivity contribution in [1.82, 2.24) is 20.0 Å². The molecule has 0 radical (unpaired) electrons. The van der Waals surface area contributed by atoms with E-state index in [1.807, 2.05) is 50.6 Å². The number of nitrogens with zero attached hydrogens (tertiary/aromatic N) is 5. The van der Waals surface area contributed by atoms with Crippen LogP contribution in [0.3, 0.4) is 0 Å². The number of hydrogen-bond acceptors (Lipinski definition) is 7. The minimum atomic E-state index is -0.553. The first-order valence-electron chi connectivity index (χ1n) is 9.32. The Labute approximate surface area is 163 Å². The van der Waals surface area contributed by atoms with Gasteiger partial charge in [0.05, 0.1) is 37.2 Å². The highest BCUT2D eigenvalue weighted by atomic mass is 16.5. The van der Waals surface area contributed by atoms with Crippen molar-refractivity contribution in [2.45, 2.75) is 19.4 Å². The molecule has 2 aromatic heterocycles. The van der Waals surface area contributed by atoms with E-state index >= 15 is 0 Å². The minimum Gasteiger partial charge on any atom is -0.461 e. The number of aryl methyl sites for hydroxylation is 1. The molecule has 8 heteroatoms. The van der Waals surface area contributed by atoms with Crippen LogP contribution in [-0.2, 0) is 22.1 Å². The van der Waals surface area contributed by atoms with E-state index in [4.69, 9.17) is 9.47 Å². The number of carbonyl (C=O) groups is 1. The van der Waals surface area contributed by atoms with Crippen molar-refractivity contribution in [2.75, 3.05) is 31.2 Å². The van der Waals surface area contributed by atoms with Gasteiger partial charge in [0.1, 0.15) is 5.60 Å². The predicted octanol–water partition coefficient (Wildman–Crippen LogP) is 2.29. The van der Waals surface area contributed by atoms with E-state index in [0.717, 1.165) is 22.2 Å². The first kappa shape index (κ1) is 18.4. The van der Waals surface area contributed by atoms with Gasteiger partial charge in [-0.05, 0) is 19.9 Å². The normalized spacial score (nSPS) is 19.8. The summed E-state index contributed by atoms with van der Waals surface area (Å²) in [4.78, 5) is 14.7. The van der Waals surface area contributed by atoms with Crippen LogP contribution in [0, 0.1) is 0 Å². The van der Waals surface area contributed by atoms with Crippen molar-refractivity contribution in [3.8, 4) is 0 Å². The molecule has 1 unspecified atom stereocenters. The van der Waals surface area contributed by atoms with Crippen molar-refractivity contribution in [2.24, 2.45) is 7.05 Å². The number of benzene rings is 1.